The van der Waals surface area contributed by atoms with Gasteiger partial charge in [-0.05, 0) is 30.2 Å². The van der Waals surface area contributed by atoms with Crippen molar-refractivity contribution < 1.29 is 14.3 Å². The minimum atomic E-state index is -0.440. The van der Waals surface area contributed by atoms with Gasteiger partial charge in [-0.2, -0.15) is 0 Å². The molecule has 22 heavy (non-hydrogen) atoms. The van der Waals surface area contributed by atoms with Crippen LogP contribution in [0.4, 0.5) is 0 Å². The zero-order valence-corrected chi connectivity index (χ0v) is 12.8. The van der Waals surface area contributed by atoms with Gasteiger partial charge in [-0.3, -0.25) is 4.79 Å². The Balaban J connectivity index is 2.35. The molecule has 0 N–H and O–H groups in total. The molecule has 1 aromatic carbocycles. The monoisotopic (exact) mass is 297 g/mol. The lowest BCUT2D eigenvalue weighted by atomic mass is 10.0. The Morgan fingerprint density at radius 1 is 1.27 bits per heavy atom. The molecule has 1 aliphatic rings. The maximum Gasteiger partial charge on any atom is 0.330 e. The fourth-order valence-electron chi connectivity index (χ4n) is 2.30. The van der Waals surface area contributed by atoms with Gasteiger partial charge in [0.05, 0.1) is 7.11 Å². The third kappa shape index (κ3) is 3.52. The minimum Gasteiger partial charge on any atom is -0.466 e. The highest BCUT2D eigenvalue weighted by Crippen LogP contribution is 2.23. The molecule has 0 spiro atoms. The van der Waals surface area contributed by atoms with E-state index in [1.807, 2.05) is 37.3 Å². The van der Waals surface area contributed by atoms with E-state index >= 15 is 0 Å². The Morgan fingerprint density at radius 2 is 2.00 bits per heavy atom. The number of rotatable bonds is 4. The standard InChI is InChI=1S/C18H19NO3/c1-3-14-10-7-13-19(16(14)11-12-17(20)22-2)18(21)15-8-5-4-6-9-15/h4-12H,3,13H2,1-2H3/b12-11+. The van der Waals surface area contributed by atoms with Crippen molar-refractivity contribution in [3.8, 4) is 0 Å². The van der Waals surface area contributed by atoms with Crippen LogP contribution in [0.15, 0.2) is 65.9 Å². The summed E-state index contributed by atoms with van der Waals surface area (Å²) in [4.78, 5) is 25.7. The number of carbonyl (C=O) groups excluding carboxylic acids is 2. The largest absolute Gasteiger partial charge is 0.466 e. The Morgan fingerprint density at radius 3 is 2.64 bits per heavy atom. The summed E-state index contributed by atoms with van der Waals surface area (Å²) in [5.74, 6) is -0.523. The van der Waals surface area contributed by atoms with E-state index in [4.69, 9.17) is 0 Å². The third-order valence-electron chi connectivity index (χ3n) is 3.45. The summed E-state index contributed by atoms with van der Waals surface area (Å²) in [5.41, 5.74) is 2.37. The summed E-state index contributed by atoms with van der Waals surface area (Å²) >= 11 is 0. The van der Waals surface area contributed by atoms with Gasteiger partial charge < -0.3 is 9.64 Å². The van der Waals surface area contributed by atoms with Gasteiger partial charge in [0.2, 0.25) is 0 Å². The molecule has 0 bridgehead atoms. The van der Waals surface area contributed by atoms with Crippen LogP contribution in [0.1, 0.15) is 23.7 Å². The molecule has 1 heterocycles. The minimum absolute atomic E-state index is 0.0829. The summed E-state index contributed by atoms with van der Waals surface area (Å²) in [6, 6.07) is 9.11. The van der Waals surface area contributed by atoms with Crippen molar-refractivity contribution in [3.63, 3.8) is 0 Å². The number of hydrogen-bond acceptors (Lipinski definition) is 3. The molecule has 0 saturated carbocycles. The maximum atomic E-state index is 12.7. The van der Waals surface area contributed by atoms with E-state index in [-0.39, 0.29) is 5.91 Å². The highest BCUT2D eigenvalue weighted by atomic mass is 16.5. The first-order chi connectivity index (χ1) is 10.7. The lowest BCUT2D eigenvalue weighted by Crippen LogP contribution is -2.32. The number of methoxy groups -OCH3 is 1. The highest BCUT2D eigenvalue weighted by Gasteiger charge is 2.21. The van der Waals surface area contributed by atoms with E-state index in [0.717, 1.165) is 17.7 Å². The van der Waals surface area contributed by atoms with Crippen LogP contribution in [0.5, 0.6) is 0 Å². The molecule has 0 unspecified atom stereocenters. The average molecular weight is 297 g/mol. The van der Waals surface area contributed by atoms with Crippen molar-refractivity contribution in [1.82, 2.24) is 4.90 Å². The molecule has 4 heteroatoms. The van der Waals surface area contributed by atoms with Gasteiger partial charge in [0.25, 0.3) is 5.91 Å². The molecule has 4 nitrogen and oxygen atoms in total. The lowest BCUT2D eigenvalue weighted by molar-refractivity contribution is -0.134. The van der Waals surface area contributed by atoms with Gasteiger partial charge in [-0.1, -0.05) is 37.3 Å². The number of carbonyl (C=O) groups is 2. The molecular weight excluding hydrogens is 278 g/mol. The summed E-state index contributed by atoms with van der Waals surface area (Å²) in [5, 5.41) is 0. The Bertz CT molecular complexity index is 642. The van der Waals surface area contributed by atoms with E-state index < -0.39 is 5.97 Å². The molecule has 2 rings (SSSR count). The van der Waals surface area contributed by atoms with Crippen LogP contribution in [0.3, 0.4) is 0 Å². The van der Waals surface area contributed by atoms with Gasteiger partial charge in [0, 0.05) is 23.9 Å². The zero-order valence-electron chi connectivity index (χ0n) is 12.8. The van der Waals surface area contributed by atoms with E-state index in [0.29, 0.717) is 12.1 Å². The summed E-state index contributed by atoms with van der Waals surface area (Å²) in [6.45, 7) is 2.50. The van der Waals surface area contributed by atoms with Gasteiger partial charge in [-0.25, -0.2) is 4.79 Å². The topological polar surface area (TPSA) is 46.6 Å². The number of amides is 1. The van der Waals surface area contributed by atoms with Crippen LogP contribution < -0.4 is 0 Å². The highest BCUT2D eigenvalue weighted by molar-refractivity contribution is 5.96. The molecule has 0 radical (unpaired) electrons. The molecule has 0 aliphatic carbocycles. The number of ether oxygens (including phenoxy) is 1. The van der Waals surface area contributed by atoms with Crippen LogP contribution >= 0.6 is 0 Å². The number of benzene rings is 1. The maximum absolute atomic E-state index is 12.7. The number of esters is 1. The van der Waals surface area contributed by atoms with E-state index in [9.17, 15) is 9.59 Å². The molecule has 1 aliphatic heterocycles. The normalized spacial score (nSPS) is 14.5. The van der Waals surface area contributed by atoms with Crippen LogP contribution in [-0.4, -0.2) is 30.4 Å². The molecule has 0 fully saturated rings. The predicted molar refractivity (Wildman–Crippen MR) is 85.1 cm³/mol. The number of allylic oxidation sites excluding steroid dienone is 3. The fraction of sp³-hybridized carbons (Fsp3) is 0.222. The van der Waals surface area contributed by atoms with E-state index in [1.54, 1.807) is 23.1 Å². The third-order valence-corrected chi connectivity index (χ3v) is 3.45. The van der Waals surface area contributed by atoms with Crippen molar-refractivity contribution in [1.29, 1.82) is 0 Å². The van der Waals surface area contributed by atoms with Crippen molar-refractivity contribution >= 4 is 11.9 Å². The second-order valence-electron chi connectivity index (χ2n) is 4.80. The second-order valence-corrected chi connectivity index (χ2v) is 4.80. The Labute approximate surface area is 130 Å². The molecule has 1 amide bonds. The molecule has 114 valence electrons. The second kappa shape index (κ2) is 7.41. The fourth-order valence-corrected chi connectivity index (χ4v) is 2.30. The van der Waals surface area contributed by atoms with Gasteiger partial charge in [0.1, 0.15) is 0 Å². The summed E-state index contributed by atoms with van der Waals surface area (Å²) < 4.78 is 4.62. The first-order valence-electron chi connectivity index (χ1n) is 7.20. The molecule has 1 aromatic rings. The van der Waals surface area contributed by atoms with Gasteiger partial charge >= 0.3 is 5.97 Å². The predicted octanol–water partition coefficient (Wildman–Crippen LogP) is 3.09. The van der Waals surface area contributed by atoms with E-state index in [2.05, 4.69) is 4.74 Å². The molecule has 0 saturated heterocycles. The Hall–Kier alpha value is -2.62. The molecule has 0 atom stereocenters. The van der Waals surface area contributed by atoms with Crippen LogP contribution in [0.2, 0.25) is 0 Å². The quantitative estimate of drug-likeness (QED) is 0.634. The molecule has 0 aromatic heterocycles. The van der Waals surface area contributed by atoms with Gasteiger partial charge in [0.15, 0.2) is 0 Å². The smallest absolute Gasteiger partial charge is 0.330 e. The van der Waals surface area contributed by atoms with Crippen molar-refractivity contribution in [2.24, 2.45) is 0 Å². The van der Waals surface area contributed by atoms with Crippen LogP contribution in [0, 0.1) is 0 Å². The average Bonchev–Trinajstić information content (AvgIpc) is 2.59. The SMILES string of the molecule is CCC1=C(/C=C/C(=O)OC)N(C(=O)c2ccccc2)CC=C1. The van der Waals surface area contributed by atoms with Crippen molar-refractivity contribution in [2.75, 3.05) is 13.7 Å². The van der Waals surface area contributed by atoms with Crippen molar-refractivity contribution in [3.05, 3.63) is 71.5 Å². The number of nitrogens with zero attached hydrogens (tertiary/aromatic N) is 1. The summed E-state index contributed by atoms with van der Waals surface area (Å²) in [6.07, 6.45) is 7.71. The van der Waals surface area contributed by atoms with E-state index in [1.165, 1.54) is 13.2 Å². The first kappa shape index (κ1) is 15.8. The summed E-state index contributed by atoms with van der Waals surface area (Å²) in [7, 11) is 1.33. The van der Waals surface area contributed by atoms with Gasteiger partial charge in [-0.15, -0.1) is 0 Å². The molecular formula is C18H19NO3. The van der Waals surface area contributed by atoms with Crippen LogP contribution in [0.25, 0.3) is 0 Å². The Kier molecular flexibility index (Phi) is 5.31. The lowest BCUT2D eigenvalue weighted by Gasteiger charge is -2.27. The zero-order chi connectivity index (χ0) is 15.9. The van der Waals surface area contributed by atoms with Crippen LogP contribution in [-0.2, 0) is 9.53 Å². The van der Waals surface area contributed by atoms with Crippen molar-refractivity contribution in [2.45, 2.75) is 13.3 Å². The first-order valence-corrected chi connectivity index (χ1v) is 7.20. The number of hydrogen-bond donors (Lipinski definition) is 0.